The van der Waals surface area contributed by atoms with Crippen molar-refractivity contribution in [3.8, 4) is 5.69 Å². The first kappa shape index (κ1) is 12.9. The van der Waals surface area contributed by atoms with Crippen LogP contribution in [0.25, 0.3) is 16.6 Å². The fraction of sp³-hybridized carbons (Fsp3) is 0.125. The zero-order valence-electron chi connectivity index (χ0n) is 11.2. The second-order valence-electron chi connectivity index (χ2n) is 4.75. The molecule has 20 heavy (non-hydrogen) atoms. The van der Waals surface area contributed by atoms with Gasteiger partial charge >= 0.3 is 0 Å². The summed E-state index contributed by atoms with van der Waals surface area (Å²) in [5, 5.41) is 1.25. The Labute approximate surface area is 121 Å². The third kappa shape index (κ3) is 2.00. The zero-order chi connectivity index (χ0) is 14.3. The van der Waals surface area contributed by atoms with Gasteiger partial charge in [0.2, 0.25) is 0 Å². The molecule has 4 heteroatoms. The van der Waals surface area contributed by atoms with E-state index in [1.165, 1.54) is 0 Å². The Morgan fingerprint density at radius 2 is 1.85 bits per heavy atom. The summed E-state index contributed by atoms with van der Waals surface area (Å²) in [5.41, 5.74) is 2.36. The number of para-hydroxylation sites is 1. The molecule has 0 unspecified atom stereocenters. The predicted octanol–water partition coefficient (Wildman–Crippen LogP) is 3.66. The van der Waals surface area contributed by atoms with Crippen molar-refractivity contribution in [3.63, 3.8) is 0 Å². The van der Waals surface area contributed by atoms with Crippen LogP contribution in [0.15, 0.2) is 47.3 Å². The topological polar surface area (TPSA) is 34.9 Å². The number of aromatic nitrogens is 2. The standard InChI is InChI=1S/C16H13ClN2O/c1-10-7-8-12(9-14(10)17)19-11(2)18-15-6-4-3-5-13(15)16(19)20/h3-9H,1-2H3. The third-order valence-corrected chi connectivity index (χ3v) is 3.76. The molecule has 0 aliphatic rings. The Bertz CT molecular complexity index is 868. The minimum Gasteiger partial charge on any atom is -0.268 e. The maximum Gasteiger partial charge on any atom is 0.265 e. The van der Waals surface area contributed by atoms with Gasteiger partial charge in [-0.25, -0.2) is 4.98 Å². The van der Waals surface area contributed by atoms with Crippen molar-refractivity contribution < 1.29 is 0 Å². The Morgan fingerprint density at radius 3 is 2.60 bits per heavy atom. The number of rotatable bonds is 1. The molecule has 3 rings (SSSR count). The molecule has 100 valence electrons. The first-order chi connectivity index (χ1) is 9.58. The van der Waals surface area contributed by atoms with Crippen molar-refractivity contribution in [1.82, 2.24) is 9.55 Å². The maximum absolute atomic E-state index is 12.6. The Morgan fingerprint density at radius 1 is 1.10 bits per heavy atom. The summed E-state index contributed by atoms with van der Waals surface area (Å²) in [6.45, 7) is 3.75. The highest BCUT2D eigenvalue weighted by Gasteiger charge is 2.10. The predicted molar refractivity (Wildman–Crippen MR) is 81.8 cm³/mol. The van der Waals surface area contributed by atoms with Gasteiger partial charge in [-0.1, -0.05) is 29.8 Å². The molecule has 3 aromatic rings. The van der Waals surface area contributed by atoms with Crippen LogP contribution in [0, 0.1) is 13.8 Å². The molecule has 3 nitrogen and oxygen atoms in total. The number of hydrogen-bond acceptors (Lipinski definition) is 2. The van der Waals surface area contributed by atoms with Crippen molar-refractivity contribution in [2.75, 3.05) is 0 Å². The molecule has 0 atom stereocenters. The monoisotopic (exact) mass is 284 g/mol. The summed E-state index contributed by atoms with van der Waals surface area (Å²) in [6, 6.07) is 12.9. The average molecular weight is 285 g/mol. The van der Waals surface area contributed by atoms with E-state index in [9.17, 15) is 4.79 Å². The Kier molecular flexibility index (Phi) is 3.07. The summed E-state index contributed by atoms with van der Waals surface area (Å²) >= 11 is 6.15. The van der Waals surface area contributed by atoms with E-state index >= 15 is 0 Å². The second-order valence-corrected chi connectivity index (χ2v) is 5.16. The van der Waals surface area contributed by atoms with Gasteiger partial charge in [0.25, 0.3) is 5.56 Å². The van der Waals surface area contributed by atoms with Crippen LogP contribution < -0.4 is 5.56 Å². The fourth-order valence-electron chi connectivity index (χ4n) is 2.27. The van der Waals surface area contributed by atoms with Crippen LogP contribution in [0.3, 0.4) is 0 Å². The van der Waals surface area contributed by atoms with Gasteiger partial charge in [-0.2, -0.15) is 0 Å². The minimum absolute atomic E-state index is 0.0759. The van der Waals surface area contributed by atoms with Crippen molar-refractivity contribution in [2.24, 2.45) is 0 Å². The van der Waals surface area contributed by atoms with Gasteiger partial charge in [-0.15, -0.1) is 0 Å². The number of fused-ring (bicyclic) bond motifs is 1. The van der Waals surface area contributed by atoms with Gasteiger partial charge in [0.05, 0.1) is 16.6 Å². The van der Waals surface area contributed by atoms with Gasteiger partial charge < -0.3 is 0 Å². The van der Waals surface area contributed by atoms with Crippen LogP contribution in [0.5, 0.6) is 0 Å². The molecule has 1 aromatic heterocycles. The van der Waals surface area contributed by atoms with Crippen LogP contribution >= 0.6 is 11.6 Å². The third-order valence-electron chi connectivity index (χ3n) is 3.36. The molecule has 0 saturated heterocycles. The molecular weight excluding hydrogens is 272 g/mol. The van der Waals surface area contributed by atoms with Crippen LogP contribution in [-0.4, -0.2) is 9.55 Å². The van der Waals surface area contributed by atoms with Gasteiger partial charge in [0.15, 0.2) is 0 Å². The van der Waals surface area contributed by atoms with E-state index in [2.05, 4.69) is 4.98 Å². The molecule has 0 N–H and O–H groups in total. The number of aryl methyl sites for hydroxylation is 2. The lowest BCUT2D eigenvalue weighted by molar-refractivity contribution is 0.894. The maximum atomic E-state index is 12.6. The van der Waals surface area contributed by atoms with E-state index in [4.69, 9.17) is 11.6 Å². The molecule has 0 saturated carbocycles. The summed E-state index contributed by atoms with van der Waals surface area (Å²) in [7, 11) is 0. The van der Waals surface area contributed by atoms with Crippen molar-refractivity contribution in [3.05, 3.63) is 69.2 Å². The summed E-state index contributed by atoms with van der Waals surface area (Å²) < 4.78 is 1.59. The molecule has 0 aliphatic carbocycles. The lowest BCUT2D eigenvalue weighted by Crippen LogP contribution is -2.22. The van der Waals surface area contributed by atoms with Gasteiger partial charge in [-0.05, 0) is 43.7 Å². The van der Waals surface area contributed by atoms with Crippen LogP contribution in [0.4, 0.5) is 0 Å². The SMILES string of the molecule is Cc1ccc(-n2c(C)nc3ccccc3c2=O)cc1Cl. The van der Waals surface area contributed by atoms with Crippen molar-refractivity contribution in [2.45, 2.75) is 13.8 Å². The molecule has 0 radical (unpaired) electrons. The zero-order valence-corrected chi connectivity index (χ0v) is 12.0. The van der Waals surface area contributed by atoms with E-state index in [0.29, 0.717) is 21.7 Å². The highest BCUT2D eigenvalue weighted by Crippen LogP contribution is 2.20. The molecule has 0 amide bonds. The smallest absolute Gasteiger partial charge is 0.265 e. The lowest BCUT2D eigenvalue weighted by atomic mass is 10.2. The van der Waals surface area contributed by atoms with E-state index in [1.807, 2.05) is 44.2 Å². The Balaban J connectivity index is 2.36. The molecule has 0 aliphatic heterocycles. The second kappa shape index (κ2) is 4.76. The molecule has 2 aromatic carbocycles. The number of benzene rings is 2. The minimum atomic E-state index is -0.0759. The summed E-state index contributed by atoms with van der Waals surface area (Å²) in [5.74, 6) is 0.647. The quantitative estimate of drug-likeness (QED) is 0.683. The highest BCUT2D eigenvalue weighted by molar-refractivity contribution is 6.31. The van der Waals surface area contributed by atoms with E-state index in [-0.39, 0.29) is 5.56 Å². The van der Waals surface area contributed by atoms with Gasteiger partial charge in [-0.3, -0.25) is 9.36 Å². The summed E-state index contributed by atoms with van der Waals surface area (Å²) in [6.07, 6.45) is 0. The molecular formula is C16H13ClN2O. The van der Waals surface area contributed by atoms with Crippen LogP contribution in [0.2, 0.25) is 5.02 Å². The molecule has 0 spiro atoms. The van der Waals surface area contributed by atoms with E-state index < -0.39 is 0 Å². The van der Waals surface area contributed by atoms with Crippen LogP contribution in [0.1, 0.15) is 11.4 Å². The average Bonchev–Trinajstić information content (AvgIpc) is 2.43. The Hall–Kier alpha value is -2.13. The van der Waals surface area contributed by atoms with Gasteiger partial charge in [0.1, 0.15) is 5.82 Å². The number of halogens is 1. The van der Waals surface area contributed by atoms with E-state index in [0.717, 1.165) is 11.3 Å². The van der Waals surface area contributed by atoms with Crippen molar-refractivity contribution in [1.29, 1.82) is 0 Å². The lowest BCUT2D eigenvalue weighted by Gasteiger charge is -2.11. The molecule has 1 heterocycles. The highest BCUT2D eigenvalue weighted by atomic mass is 35.5. The normalized spacial score (nSPS) is 10.9. The van der Waals surface area contributed by atoms with E-state index in [1.54, 1.807) is 16.7 Å². The van der Waals surface area contributed by atoms with Crippen LogP contribution in [-0.2, 0) is 0 Å². The molecule has 0 fully saturated rings. The largest absolute Gasteiger partial charge is 0.268 e. The fourth-order valence-corrected chi connectivity index (χ4v) is 2.44. The first-order valence-electron chi connectivity index (χ1n) is 6.33. The number of nitrogens with zero attached hydrogens (tertiary/aromatic N) is 2. The number of hydrogen-bond donors (Lipinski definition) is 0. The first-order valence-corrected chi connectivity index (χ1v) is 6.70. The summed E-state index contributed by atoms with van der Waals surface area (Å²) in [4.78, 5) is 17.1. The van der Waals surface area contributed by atoms with Crippen molar-refractivity contribution >= 4 is 22.5 Å². The molecule has 0 bridgehead atoms. The van der Waals surface area contributed by atoms with Gasteiger partial charge in [0, 0.05) is 5.02 Å².